The van der Waals surface area contributed by atoms with E-state index in [1.54, 1.807) is 7.11 Å². The molecule has 1 unspecified atom stereocenters. The Morgan fingerprint density at radius 3 is 2.90 bits per heavy atom. The summed E-state index contributed by atoms with van der Waals surface area (Å²) >= 11 is 3.57. The van der Waals surface area contributed by atoms with Crippen LogP contribution in [0.5, 0.6) is 0 Å². The first kappa shape index (κ1) is 15.2. The molecule has 0 aliphatic carbocycles. The first-order chi connectivity index (χ1) is 9.67. The lowest BCUT2D eigenvalue weighted by atomic mass is 10.1. The van der Waals surface area contributed by atoms with Gasteiger partial charge in [-0.15, -0.1) is 0 Å². The van der Waals surface area contributed by atoms with Crippen LogP contribution >= 0.6 is 15.9 Å². The predicted octanol–water partition coefficient (Wildman–Crippen LogP) is 2.30. The number of aryl methyl sites for hydroxylation is 1. The molecule has 5 nitrogen and oxygen atoms in total. The minimum Gasteiger partial charge on any atom is -0.383 e. The first-order valence-electron chi connectivity index (χ1n) is 6.48. The van der Waals surface area contributed by atoms with Crippen LogP contribution in [0.4, 0.5) is 0 Å². The lowest BCUT2D eigenvalue weighted by Crippen LogP contribution is -2.24. The van der Waals surface area contributed by atoms with Crippen molar-refractivity contribution in [3.05, 3.63) is 46.0 Å². The lowest BCUT2D eigenvalue weighted by Gasteiger charge is -2.18. The van der Waals surface area contributed by atoms with E-state index in [-0.39, 0.29) is 6.04 Å². The van der Waals surface area contributed by atoms with Crippen molar-refractivity contribution in [2.75, 3.05) is 20.8 Å². The maximum absolute atomic E-state index is 5.14. The third-order valence-electron chi connectivity index (χ3n) is 3.11. The van der Waals surface area contributed by atoms with E-state index in [0.717, 1.165) is 21.6 Å². The summed E-state index contributed by atoms with van der Waals surface area (Å²) in [5.41, 5.74) is 3.04. The molecule has 2 aromatic heterocycles. The Balaban J connectivity index is 2.38. The van der Waals surface area contributed by atoms with Crippen molar-refractivity contribution in [3.63, 3.8) is 0 Å². The summed E-state index contributed by atoms with van der Waals surface area (Å²) in [6, 6.07) is 6.02. The molecule has 6 heteroatoms. The molecule has 0 saturated heterocycles. The van der Waals surface area contributed by atoms with Crippen LogP contribution in [-0.2, 0) is 11.3 Å². The summed E-state index contributed by atoms with van der Waals surface area (Å²) in [7, 11) is 3.62. The molecule has 0 radical (unpaired) electrons. The largest absolute Gasteiger partial charge is 0.383 e. The number of hydrogen-bond acceptors (Lipinski definition) is 4. The highest BCUT2D eigenvalue weighted by atomic mass is 79.9. The molecule has 0 fully saturated rings. The molecule has 2 aromatic rings. The maximum atomic E-state index is 5.14. The zero-order valence-corrected chi connectivity index (χ0v) is 13.5. The number of pyridine rings is 1. The molecular formula is C14H19BrN4O. The molecule has 0 saturated carbocycles. The van der Waals surface area contributed by atoms with E-state index < -0.39 is 0 Å². The van der Waals surface area contributed by atoms with Gasteiger partial charge in [-0.05, 0) is 42.0 Å². The van der Waals surface area contributed by atoms with Gasteiger partial charge >= 0.3 is 0 Å². The van der Waals surface area contributed by atoms with Crippen LogP contribution in [0.25, 0.3) is 0 Å². The van der Waals surface area contributed by atoms with Gasteiger partial charge in [-0.25, -0.2) is 0 Å². The summed E-state index contributed by atoms with van der Waals surface area (Å²) in [5.74, 6) is 0. The number of nitrogens with zero attached hydrogens (tertiary/aromatic N) is 3. The second-order valence-corrected chi connectivity index (χ2v) is 5.37. The van der Waals surface area contributed by atoms with Crippen molar-refractivity contribution in [3.8, 4) is 0 Å². The van der Waals surface area contributed by atoms with Gasteiger partial charge in [0.25, 0.3) is 0 Å². The third-order valence-corrected chi connectivity index (χ3v) is 3.72. The smallest absolute Gasteiger partial charge is 0.0931 e. The van der Waals surface area contributed by atoms with E-state index in [0.29, 0.717) is 13.2 Å². The summed E-state index contributed by atoms with van der Waals surface area (Å²) in [4.78, 5) is 4.61. The fourth-order valence-electron chi connectivity index (χ4n) is 2.16. The normalized spacial score (nSPS) is 12.6. The molecule has 0 aliphatic rings. The average molecular weight is 339 g/mol. The number of halogens is 1. The van der Waals surface area contributed by atoms with Gasteiger partial charge in [0.05, 0.1) is 41.3 Å². The zero-order chi connectivity index (χ0) is 14.5. The Bertz CT molecular complexity index is 570. The third kappa shape index (κ3) is 3.26. The second-order valence-electron chi connectivity index (χ2n) is 4.52. The van der Waals surface area contributed by atoms with E-state index in [9.17, 15) is 0 Å². The van der Waals surface area contributed by atoms with Crippen molar-refractivity contribution in [2.45, 2.75) is 19.5 Å². The summed E-state index contributed by atoms with van der Waals surface area (Å²) in [6.07, 6.45) is 1.81. The van der Waals surface area contributed by atoms with Crippen LogP contribution in [0.1, 0.15) is 23.1 Å². The summed E-state index contributed by atoms with van der Waals surface area (Å²) in [6.45, 7) is 3.33. The topological polar surface area (TPSA) is 52.0 Å². The molecule has 2 rings (SSSR count). The van der Waals surface area contributed by atoms with Gasteiger partial charge in [0.2, 0.25) is 0 Å². The van der Waals surface area contributed by atoms with Crippen LogP contribution in [0.15, 0.2) is 28.9 Å². The highest BCUT2D eigenvalue weighted by Crippen LogP contribution is 2.27. The van der Waals surface area contributed by atoms with Gasteiger partial charge in [0.1, 0.15) is 0 Å². The van der Waals surface area contributed by atoms with Crippen molar-refractivity contribution in [1.29, 1.82) is 0 Å². The number of methoxy groups -OCH3 is 1. The first-order valence-corrected chi connectivity index (χ1v) is 7.27. The Morgan fingerprint density at radius 2 is 2.25 bits per heavy atom. The Labute approximate surface area is 127 Å². The number of rotatable bonds is 6. The fourth-order valence-corrected chi connectivity index (χ4v) is 2.69. The monoisotopic (exact) mass is 338 g/mol. The van der Waals surface area contributed by atoms with Crippen LogP contribution < -0.4 is 5.32 Å². The van der Waals surface area contributed by atoms with Gasteiger partial charge < -0.3 is 10.1 Å². The number of hydrogen-bond donors (Lipinski definition) is 1. The van der Waals surface area contributed by atoms with Gasteiger partial charge in [0, 0.05) is 12.8 Å². The minimum atomic E-state index is -0.0105. The van der Waals surface area contributed by atoms with Crippen LogP contribution in [-0.4, -0.2) is 35.5 Å². The SMILES string of the molecule is CNC(c1cccc(C)n1)c1c(Br)cnn1CCOC. The molecule has 0 spiro atoms. The average Bonchev–Trinajstić information content (AvgIpc) is 2.79. The lowest BCUT2D eigenvalue weighted by molar-refractivity contribution is 0.182. The second kappa shape index (κ2) is 6.97. The van der Waals surface area contributed by atoms with E-state index in [1.165, 1.54) is 0 Å². The minimum absolute atomic E-state index is 0.0105. The molecular weight excluding hydrogens is 320 g/mol. The van der Waals surface area contributed by atoms with Gasteiger partial charge in [-0.2, -0.15) is 5.10 Å². The predicted molar refractivity (Wildman–Crippen MR) is 81.7 cm³/mol. The Morgan fingerprint density at radius 1 is 1.45 bits per heavy atom. The standard InChI is InChI=1S/C14H19BrN4O/c1-10-5-4-6-12(18-10)13(16-2)14-11(15)9-17-19(14)7-8-20-3/h4-6,9,13,16H,7-8H2,1-3H3. The highest BCUT2D eigenvalue weighted by Gasteiger charge is 2.21. The van der Waals surface area contributed by atoms with Gasteiger partial charge in [-0.3, -0.25) is 9.67 Å². The molecule has 2 heterocycles. The molecule has 0 aromatic carbocycles. The van der Waals surface area contributed by atoms with Crippen LogP contribution in [0.3, 0.4) is 0 Å². The zero-order valence-electron chi connectivity index (χ0n) is 11.9. The van der Waals surface area contributed by atoms with E-state index in [1.807, 2.05) is 43.0 Å². The Kier molecular flexibility index (Phi) is 5.28. The fraction of sp³-hybridized carbons (Fsp3) is 0.429. The summed E-state index contributed by atoms with van der Waals surface area (Å²) < 4.78 is 8.05. The quantitative estimate of drug-likeness (QED) is 0.878. The molecule has 1 atom stereocenters. The molecule has 0 aliphatic heterocycles. The van der Waals surface area contributed by atoms with Crippen LogP contribution in [0.2, 0.25) is 0 Å². The van der Waals surface area contributed by atoms with E-state index in [4.69, 9.17) is 4.74 Å². The molecule has 0 bridgehead atoms. The highest BCUT2D eigenvalue weighted by molar-refractivity contribution is 9.10. The van der Waals surface area contributed by atoms with Crippen LogP contribution in [0, 0.1) is 6.92 Å². The van der Waals surface area contributed by atoms with Crippen molar-refractivity contribution >= 4 is 15.9 Å². The van der Waals surface area contributed by atoms with E-state index >= 15 is 0 Å². The molecule has 0 amide bonds. The number of ether oxygens (including phenoxy) is 1. The maximum Gasteiger partial charge on any atom is 0.0931 e. The van der Waals surface area contributed by atoms with Gasteiger partial charge in [-0.1, -0.05) is 6.07 Å². The van der Waals surface area contributed by atoms with E-state index in [2.05, 4.69) is 31.3 Å². The van der Waals surface area contributed by atoms with Gasteiger partial charge in [0.15, 0.2) is 0 Å². The molecule has 108 valence electrons. The summed E-state index contributed by atoms with van der Waals surface area (Å²) in [5, 5.41) is 7.70. The van der Waals surface area contributed by atoms with Crippen molar-refractivity contribution < 1.29 is 4.74 Å². The van der Waals surface area contributed by atoms with Crippen molar-refractivity contribution in [1.82, 2.24) is 20.1 Å². The number of nitrogens with one attached hydrogen (secondary N) is 1. The molecule has 20 heavy (non-hydrogen) atoms. The number of aromatic nitrogens is 3. The Hall–Kier alpha value is -1.24. The molecule has 1 N–H and O–H groups in total. The van der Waals surface area contributed by atoms with Crippen molar-refractivity contribution in [2.24, 2.45) is 0 Å².